The van der Waals surface area contributed by atoms with Gasteiger partial charge in [-0.1, -0.05) is 0 Å². The molecule has 0 atom stereocenters. The molecule has 0 saturated carbocycles. The summed E-state index contributed by atoms with van der Waals surface area (Å²) in [4.78, 5) is 0. The first-order valence-electron chi connectivity index (χ1n) is 5.88. The molecule has 0 radical (unpaired) electrons. The molecule has 0 saturated heterocycles. The molecule has 1 aliphatic heterocycles. The van der Waals surface area contributed by atoms with E-state index in [4.69, 9.17) is 0 Å². The lowest BCUT2D eigenvalue weighted by molar-refractivity contribution is -0.0327. The van der Waals surface area contributed by atoms with Crippen molar-refractivity contribution in [3.05, 3.63) is 11.6 Å². The topological polar surface area (TPSA) is 42.7 Å². The van der Waals surface area contributed by atoms with Crippen molar-refractivity contribution in [2.75, 3.05) is 12.3 Å². The van der Waals surface area contributed by atoms with Gasteiger partial charge < -0.3 is 9.88 Å². The highest BCUT2D eigenvalue weighted by atomic mass is 32.2. The van der Waals surface area contributed by atoms with Gasteiger partial charge in [0.25, 0.3) is 0 Å². The number of rotatable bonds is 5. The predicted octanol–water partition coefficient (Wildman–Crippen LogP) is 1.96. The average Bonchev–Trinajstić information content (AvgIpc) is 2.71. The standard InChI is InChI=1S/C10H15F3N4S/c11-10(12,13)18-6-4-14-7-9-16-15-8-3-1-2-5-17(8)9/h14H,1-7H2. The summed E-state index contributed by atoms with van der Waals surface area (Å²) in [6.45, 7) is 1.70. The van der Waals surface area contributed by atoms with Crippen molar-refractivity contribution in [1.82, 2.24) is 20.1 Å². The number of thioether (sulfide) groups is 1. The molecule has 0 aromatic carbocycles. The zero-order valence-corrected chi connectivity index (χ0v) is 10.7. The predicted molar refractivity (Wildman–Crippen MR) is 63.2 cm³/mol. The van der Waals surface area contributed by atoms with Crippen LogP contribution in [-0.4, -0.2) is 32.6 Å². The first-order valence-corrected chi connectivity index (χ1v) is 6.87. The van der Waals surface area contributed by atoms with E-state index in [1.807, 2.05) is 0 Å². The van der Waals surface area contributed by atoms with E-state index in [2.05, 4.69) is 20.1 Å². The lowest BCUT2D eigenvalue weighted by atomic mass is 10.2. The molecule has 0 fully saturated rings. The van der Waals surface area contributed by atoms with Crippen LogP contribution in [0.2, 0.25) is 0 Å². The Hall–Kier alpha value is -0.760. The van der Waals surface area contributed by atoms with E-state index in [9.17, 15) is 13.2 Å². The van der Waals surface area contributed by atoms with Gasteiger partial charge >= 0.3 is 5.51 Å². The minimum absolute atomic E-state index is 0.00579. The fraction of sp³-hybridized carbons (Fsp3) is 0.800. The highest BCUT2D eigenvalue weighted by Gasteiger charge is 2.27. The molecule has 102 valence electrons. The smallest absolute Gasteiger partial charge is 0.314 e. The maximum absolute atomic E-state index is 11.9. The van der Waals surface area contributed by atoms with Crippen molar-refractivity contribution in [2.45, 2.75) is 37.9 Å². The van der Waals surface area contributed by atoms with Gasteiger partial charge in [-0.25, -0.2) is 0 Å². The maximum Gasteiger partial charge on any atom is 0.441 e. The maximum atomic E-state index is 11.9. The van der Waals surface area contributed by atoms with Crippen molar-refractivity contribution in [1.29, 1.82) is 0 Å². The van der Waals surface area contributed by atoms with Crippen LogP contribution in [0.4, 0.5) is 13.2 Å². The molecule has 1 aromatic rings. The van der Waals surface area contributed by atoms with Crippen molar-refractivity contribution in [3.8, 4) is 0 Å². The summed E-state index contributed by atoms with van der Waals surface area (Å²) in [5, 5.41) is 11.1. The Labute approximate surface area is 107 Å². The summed E-state index contributed by atoms with van der Waals surface area (Å²) in [7, 11) is 0. The molecule has 4 nitrogen and oxygen atoms in total. The SMILES string of the molecule is FC(F)(F)SCCNCc1nnc2n1CCCC2. The number of nitrogens with zero attached hydrogens (tertiary/aromatic N) is 3. The summed E-state index contributed by atoms with van der Waals surface area (Å²) >= 11 is -0.00579. The average molecular weight is 280 g/mol. The summed E-state index contributed by atoms with van der Waals surface area (Å²) in [5.74, 6) is 1.83. The van der Waals surface area contributed by atoms with Gasteiger partial charge in [0.2, 0.25) is 0 Å². The van der Waals surface area contributed by atoms with Crippen LogP contribution in [0.1, 0.15) is 24.5 Å². The number of hydrogen-bond acceptors (Lipinski definition) is 4. The molecule has 18 heavy (non-hydrogen) atoms. The number of fused-ring (bicyclic) bond motifs is 1. The van der Waals surface area contributed by atoms with E-state index in [0.717, 1.165) is 37.5 Å². The number of halogens is 3. The van der Waals surface area contributed by atoms with Crippen molar-refractivity contribution < 1.29 is 13.2 Å². The minimum atomic E-state index is -4.14. The van der Waals surface area contributed by atoms with E-state index in [0.29, 0.717) is 13.1 Å². The van der Waals surface area contributed by atoms with Gasteiger partial charge in [0.15, 0.2) is 0 Å². The number of hydrogen-bond donors (Lipinski definition) is 1. The fourth-order valence-electron chi connectivity index (χ4n) is 1.94. The van der Waals surface area contributed by atoms with Gasteiger partial charge in [0.05, 0.1) is 6.54 Å². The van der Waals surface area contributed by atoms with Crippen molar-refractivity contribution in [3.63, 3.8) is 0 Å². The van der Waals surface area contributed by atoms with Gasteiger partial charge in [-0.05, 0) is 24.6 Å². The minimum Gasteiger partial charge on any atom is -0.314 e. The molecule has 0 unspecified atom stereocenters. The second kappa shape index (κ2) is 5.92. The number of aromatic nitrogens is 3. The largest absolute Gasteiger partial charge is 0.441 e. The van der Waals surface area contributed by atoms with E-state index < -0.39 is 5.51 Å². The quantitative estimate of drug-likeness (QED) is 0.837. The Morgan fingerprint density at radius 1 is 1.28 bits per heavy atom. The van der Waals surface area contributed by atoms with Crippen LogP contribution in [0.25, 0.3) is 0 Å². The molecular weight excluding hydrogens is 265 g/mol. The van der Waals surface area contributed by atoms with E-state index >= 15 is 0 Å². The fourth-order valence-corrected chi connectivity index (χ4v) is 2.42. The lowest BCUT2D eigenvalue weighted by Gasteiger charge is -2.14. The summed E-state index contributed by atoms with van der Waals surface area (Å²) < 4.78 is 37.7. The van der Waals surface area contributed by atoms with E-state index in [1.165, 1.54) is 0 Å². The molecule has 2 heterocycles. The van der Waals surface area contributed by atoms with Gasteiger partial charge in [-0.3, -0.25) is 0 Å². The highest BCUT2D eigenvalue weighted by Crippen LogP contribution is 2.29. The van der Waals surface area contributed by atoms with Gasteiger partial charge in [0, 0.05) is 25.3 Å². The molecule has 0 spiro atoms. The second-order valence-corrected chi connectivity index (χ2v) is 5.27. The zero-order valence-electron chi connectivity index (χ0n) is 9.83. The van der Waals surface area contributed by atoms with E-state index in [-0.39, 0.29) is 17.5 Å². The van der Waals surface area contributed by atoms with Crippen LogP contribution < -0.4 is 5.32 Å². The number of nitrogens with one attached hydrogen (secondary N) is 1. The summed E-state index contributed by atoms with van der Waals surface area (Å²) in [6.07, 6.45) is 3.19. The van der Waals surface area contributed by atoms with Crippen LogP contribution in [0, 0.1) is 0 Å². The molecule has 1 N–H and O–H groups in total. The molecule has 1 aliphatic rings. The molecule has 0 bridgehead atoms. The number of aryl methyl sites for hydroxylation is 1. The van der Waals surface area contributed by atoms with Crippen molar-refractivity contribution in [2.24, 2.45) is 0 Å². The highest BCUT2D eigenvalue weighted by molar-refractivity contribution is 8.00. The third-order valence-electron chi connectivity index (χ3n) is 2.76. The normalized spacial score (nSPS) is 15.7. The molecule has 2 rings (SSSR count). The Balaban J connectivity index is 1.72. The van der Waals surface area contributed by atoms with Crippen LogP contribution >= 0.6 is 11.8 Å². The monoisotopic (exact) mass is 280 g/mol. The van der Waals surface area contributed by atoms with Crippen LogP contribution in [0.5, 0.6) is 0 Å². The van der Waals surface area contributed by atoms with Gasteiger partial charge in [-0.2, -0.15) is 13.2 Å². The first kappa shape index (κ1) is 13.7. The molecule has 8 heteroatoms. The first-order chi connectivity index (χ1) is 8.56. The van der Waals surface area contributed by atoms with Crippen LogP contribution in [-0.2, 0) is 19.5 Å². The van der Waals surface area contributed by atoms with Crippen LogP contribution in [0.15, 0.2) is 0 Å². The molecular formula is C10H15F3N4S. The van der Waals surface area contributed by atoms with E-state index in [1.54, 1.807) is 0 Å². The van der Waals surface area contributed by atoms with Crippen molar-refractivity contribution >= 4 is 11.8 Å². The number of alkyl halides is 3. The van der Waals surface area contributed by atoms with Gasteiger partial charge in [-0.15, -0.1) is 10.2 Å². The molecule has 1 aromatic heterocycles. The molecule has 0 aliphatic carbocycles. The Morgan fingerprint density at radius 3 is 2.89 bits per heavy atom. The Kier molecular flexibility index (Phi) is 4.50. The zero-order chi connectivity index (χ0) is 13.0. The second-order valence-electron chi connectivity index (χ2n) is 4.11. The Bertz CT molecular complexity index is 391. The lowest BCUT2D eigenvalue weighted by Crippen LogP contribution is -2.22. The summed E-state index contributed by atoms with van der Waals surface area (Å²) in [5.41, 5.74) is -4.14. The molecule has 0 amide bonds. The third-order valence-corrected chi connectivity index (χ3v) is 3.50. The van der Waals surface area contributed by atoms with Gasteiger partial charge in [0.1, 0.15) is 11.6 Å². The summed E-state index contributed by atoms with van der Waals surface area (Å²) in [6, 6.07) is 0. The van der Waals surface area contributed by atoms with Crippen LogP contribution in [0.3, 0.4) is 0 Å². The third kappa shape index (κ3) is 3.88. The Morgan fingerprint density at radius 2 is 2.11 bits per heavy atom.